The van der Waals surface area contributed by atoms with E-state index in [1.54, 1.807) is 0 Å². The molecule has 1 unspecified atom stereocenters. The Hall–Kier alpha value is -1.42. The topological polar surface area (TPSA) is 102 Å². The van der Waals surface area contributed by atoms with Crippen LogP contribution in [0.25, 0.3) is 0 Å². The molecule has 8 nitrogen and oxygen atoms in total. The molecular weight excluding hydrogens is 358 g/mol. The number of nitrogens with one attached hydrogen (secondary N) is 1. The third-order valence-electron chi connectivity index (χ3n) is 3.95. The second-order valence-corrected chi connectivity index (χ2v) is 7.43. The molecule has 0 aliphatic carbocycles. The summed E-state index contributed by atoms with van der Waals surface area (Å²) in [6.45, 7) is 1.54. The molecular formula is C14H22ClN3O5S. The zero-order valence-electron chi connectivity index (χ0n) is 13.6. The highest BCUT2D eigenvalue weighted by atomic mass is 35.5. The van der Waals surface area contributed by atoms with Crippen LogP contribution >= 0.6 is 12.4 Å². The van der Waals surface area contributed by atoms with Crippen molar-refractivity contribution in [3.8, 4) is 5.75 Å². The van der Waals surface area contributed by atoms with Crippen LogP contribution in [0.5, 0.6) is 5.75 Å². The zero-order chi connectivity index (χ0) is 17.0. The van der Waals surface area contributed by atoms with E-state index in [9.17, 15) is 18.5 Å². The number of nitrogens with zero attached hydrogens (tertiary/aromatic N) is 2. The van der Waals surface area contributed by atoms with E-state index in [1.165, 1.54) is 23.5 Å². The third kappa shape index (κ3) is 4.35. The minimum atomic E-state index is -3.84. The van der Waals surface area contributed by atoms with Gasteiger partial charge in [-0.3, -0.25) is 10.1 Å². The van der Waals surface area contributed by atoms with E-state index in [4.69, 9.17) is 4.74 Å². The smallest absolute Gasteiger partial charge is 0.271 e. The van der Waals surface area contributed by atoms with Gasteiger partial charge in [0.2, 0.25) is 10.0 Å². The molecule has 1 heterocycles. The van der Waals surface area contributed by atoms with Crippen LogP contribution in [-0.4, -0.2) is 51.4 Å². The summed E-state index contributed by atoms with van der Waals surface area (Å²) in [6, 6.07) is 3.62. The first-order valence-corrected chi connectivity index (χ1v) is 8.81. The lowest BCUT2D eigenvalue weighted by atomic mass is 10.00. The summed E-state index contributed by atoms with van der Waals surface area (Å²) in [6.07, 6.45) is 1.72. The average Bonchev–Trinajstić information content (AvgIpc) is 2.54. The Bertz CT molecular complexity index is 681. The van der Waals surface area contributed by atoms with Crippen molar-refractivity contribution in [2.75, 3.05) is 33.8 Å². The molecule has 1 saturated heterocycles. The second-order valence-electron chi connectivity index (χ2n) is 5.52. The predicted molar refractivity (Wildman–Crippen MR) is 92.3 cm³/mol. The fourth-order valence-electron chi connectivity index (χ4n) is 2.82. The molecule has 10 heteroatoms. The number of halogens is 1. The van der Waals surface area contributed by atoms with Gasteiger partial charge in [-0.2, -0.15) is 4.31 Å². The van der Waals surface area contributed by atoms with Crippen molar-refractivity contribution in [3.05, 3.63) is 28.3 Å². The minimum Gasteiger partial charge on any atom is -0.495 e. The molecule has 0 spiro atoms. The molecule has 24 heavy (non-hydrogen) atoms. The van der Waals surface area contributed by atoms with Gasteiger partial charge in [0.15, 0.2) is 0 Å². The Labute approximate surface area is 147 Å². The molecule has 0 saturated carbocycles. The molecule has 1 N–H and O–H groups in total. The van der Waals surface area contributed by atoms with Crippen molar-refractivity contribution >= 4 is 28.1 Å². The maximum absolute atomic E-state index is 12.9. The molecule has 0 bridgehead atoms. The molecule has 1 aliphatic heterocycles. The molecule has 1 fully saturated rings. The highest BCUT2D eigenvalue weighted by Gasteiger charge is 2.33. The summed E-state index contributed by atoms with van der Waals surface area (Å²) >= 11 is 0. The number of benzene rings is 1. The lowest BCUT2D eigenvalue weighted by molar-refractivity contribution is -0.385. The van der Waals surface area contributed by atoms with Crippen LogP contribution in [0.2, 0.25) is 0 Å². The van der Waals surface area contributed by atoms with Gasteiger partial charge in [0, 0.05) is 25.2 Å². The third-order valence-corrected chi connectivity index (χ3v) is 5.84. The van der Waals surface area contributed by atoms with Crippen LogP contribution < -0.4 is 10.1 Å². The number of non-ortho nitro benzene ring substituents is 1. The molecule has 1 aromatic carbocycles. The van der Waals surface area contributed by atoms with Crippen LogP contribution in [0.15, 0.2) is 23.1 Å². The normalized spacial score (nSPS) is 18.7. The van der Waals surface area contributed by atoms with Crippen molar-refractivity contribution < 1.29 is 18.1 Å². The first-order valence-electron chi connectivity index (χ1n) is 7.37. The monoisotopic (exact) mass is 379 g/mol. The molecule has 1 atom stereocenters. The van der Waals surface area contributed by atoms with E-state index in [-0.39, 0.29) is 34.7 Å². The van der Waals surface area contributed by atoms with Gasteiger partial charge in [-0.1, -0.05) is 0 Å². The molecule has 0 radical (unpaired) electrons. The van der Waals surface area contributed by atoms with Gasteiger partial charge >= 0.3 is 0 Å². The van der Waals surface area contributed by atoms with E-state index in [0.717, 1.165) is 25.5 Å². The van der Waals surface area contributed by atoms with E-state index in [2.05, 4.69) is 5.32 Å². The number of nitro groups is 1. The largest absolute Gasteiger partial charge is 0.495 e. The Balaban J connectivity index is 0.00000288. The number of hydrogen-bond acceptors (Lipinski definition) is 6. The molecule has 0 amide bonds. The molecule has 1 aromatic rings. The molecule has 2 rings (SSSR count). The summed E-state index contributed by atoms with van der Waals surface area (Å²) < 4.78 is 32.3. The standard InChI is InChI=1S/C14H21N3O5S.ClH/c1-15-9-11-4-3-7-16(10-11)23(20,21)14-8-12(17(18)19)5-6-13(14)22-2;/h5-6,8,11,15H,3-4,7,9-10H2,1-2H3;1H. The fourth-order valence-corrected chi connectivity index (χ4v) is 4.55. The van der Waals surface area contributed by atoms with Crippen molar-refractivity contribution in [3.63, 3.8) is 0 Å². The summed E-state index contributed by atoms with van der Waals surface area (Å²) in [7, 11) is -0.658. The van der Waals surface area contributed by atoms with Crippen molar-refractivity contribution in [1.82, 2.24) is 9.62 Å². The second kappa shape index (κ2) is 8.61. The van der Waals surface area contributed by atoms with Gasteiger partial charge < -0.3 is 10.1 Å². The van der Waals surface area contributed by atoms with Crippen LogP contribution in [-0.2, 0) is 10.0 Å². The summed E-state index contributed by atoms with van der Waals surface area (Å²) in [5.74, 6) is 0.347. The highest BCUT2D eigenvalue weighted by Crippen LogP contribution is 2.32. The Morgan fingerprint density at radius 1 is 1.46 bits per heavy atom. The van der Waals surface area contributed by atoms with Crippen LogP contribution in [0.1, 0.15) is 12.8 Å². The number of rotatable bonds is 6. The fraction of sp³-hybridized carbons (Fsp3) is 0.571. The molecule has 0 aromatic heterocycles. The maximum Gasteiger partial charge on any atom is 0.271 e. The van der Waals surface area contributed by atoms with E-state index < -0.39 is 14.9 Å². The zero-order valence-corrected chi connectivity index (χ0v) is 15.2. The van der Waals surface area contributed by atoms with Crippen LogP contribution in [0.4, 0.5) is 5.69 Å². The Morgan fingerprint density at radius 3 is 2.75 bits per heavy atom. The van der Waals surface area contributed by atoms with Gasteiger partial charge in [-0.25, -0.2) is 8.42 Å². The Morgan fingerprint density at radius 2 is 2.17 bits per heavy atom. The van der Waals surface area contributed by atoms with Gasteiger partial charge in [-0.05, 0) is 38.4 Å². The predicted octanol–water partition coefficient (Wildman–Crippen LogP) is 1.65. The van der Waals surface area contributed by atoms with Crippen molar-refractivity contribution in [1.29, 1.82) is 0 Å². The lowest BCUT2D eigenvalue weighted by Gasteiger charge is -2.32. The van der Waals surface area contributed by atoms with Gasteiger partial charge in [-0.15, -0.1) is 12.4 Å². The number of piperidine rings is 1. The first kappa shape index (κ1) is 20.6. The highest BCUT2D eigenvalue weighted by molar-refractivity contribution is 7.89. The van der Waals surface area contributed by atoms with Crippen molar-refractivity contribution in [2.24, 2.45) is 5.92 Å². The SMILES string of the molecule is CNCC1CCCN(S(=O)(=O)c2cc([N+](=O)[O-])ccc2OC)C1.Cl. The van der Waals surface area contributed by atoms with Gasteiger partial charge in [0.25, 0.3) is 5.69 Å². The maximum atomic E-state index is 12.9. The number of hydrogen-bond donors (Lipinski definition) is 1. The van der Waals surface area contributed by atoms with Gasteiger partial charge in [0.1, 0.15) is 10.6 Å². The molecule has 136 valence electrons. The van der Waals surface area contributed by atoms with Gasteiger partial charge in [0.05, 0.1) is 12.0 Å². The molecule has 1 aliphatic rings. The average molecular weight is 380 g/mol. The summed E-state index contributed by atoms with van der Waals surface area (Å²) in [5.41, 5.74) is -0.270. The summed E-state index contributed by atoms with van der Waals surface area (Å²) in [5, 5.41) is 14.0. The number of sulfonamides is 1. The minimum absolute atomic E-state index is 0. The number of nitro benzene ring substituents is 1. The van der Waals surface area contributed by atoms with Crippen molar-refractivity contribution in [2.45, 2.75) is 17.7 Å². The number of ether oxygens (including phenoxy) is 1. The quantitative estimate of drug-likeness (QED) is 0.595. The van der Waals surface area contributed by atoms with Crippen LogP contribution in [0.3, 0.4) is 0 Å². The number of methoxy groups -OCH3 is 1. The Kier molecular flexibility index (Phi) is 7.40. The van der Waals surface area contributed by atoms with E-state index in [0.29, 0.717) is 13.1 Å². The first-order chi connectivity index (χ1) is 10.9. The van der Waals surface area contributed by atoms with E-state index >= 15 is 0 Å². The van der Waals surface area contributed by atoms with E-state index in [1.807, 2.05) is 7.05 Å². The van der Waals surface area contributed by atoms with Crippen LogP contribution in [0, 0.1) is 16.0 Å². The summed E-state index contributed by atoms with van der Waals surface area (Å²) in [4.78, 5) is 10.2. The lowest BCUT2D eigenvalue weighted by Crippen LogP contribution is -2.42.